The molecular formula is C26H37N5O. The molecule has 0 saturated carbocycles. The van der Waals surface area contributed by atoms with Crippen molar-refractivity contribution in [2.45, 2.75) is 32.1 Å². The van der Waals surface area contributed by atoms with Crippen molar-refractivity contribution < 1.29 is 4.79 Å². The number of piperidine rings is 2. The van der Waals surface area contributed by atoms with Gasteiger partial charge in [0, 0.05) is 50.0 Å². The smallest absolute Gasteiger partial charge is 0.234 e. The molecule has 1 aromatic carbocycles. The third-order valence-corrected chi connectivity index (χ3v) is 7.07. The minimum Gasteiger partial charge on any atom is -0.355 e. The Morgan fingerprint density at radius 1 is 1.25 bits per heavy atom. The van der Waals surface area contributed by atoms with Crippen molar-refractivity contribution in [1.29, 1.82) is 0 Å². The van der Waals surface area contributed by atoms with Gasteiger partial charge in [-0.2, -0.15) is 0 Å². The lowest BCUT2D eigenvalue weighted by Crippen LogP contribution is -2.45. The molecule has 0 unspecified atom stereocenters. The van der Waals surface area contributed by atoms with Crippen LogP contribution in [-0.4, -0.2) is 80.3 Å². The SMILES string of the molecule is C/N=C\c1ccc([C@H]2C[C@@H](C)CN(CC(=O)NCC3CCN(C)CC3)C2)c2cccnc12. The average molecular weight is 436 g/mol. The van der Waals surface area contributed by atoms with Crippen molar-refractivity contribution in [1.82, 2.24) is 20.1 Å². The van der Waals surface area contributed by atoms with Gasteiger partial charge in [-0.1, -0.05) is 25.1 Å². The fraction of sp³-hybridized carbons (Fsp3) is 0.577. The zero-order valence-electron chi connectivity index (χ0n) is 19.8. The molecule has 1 amide bonds. The van der Waals surface area contributed by atoms with Gasteiger partial charge in [0.25, 0.3) is 0 Å². The van der Waals surface area contributed by atoms with E-state index in [4.69, 9.17) is 0 Å². The van der Waals surface area contributed by atoms with E-state index in [-0.39, 0.29) is 5.91 Å². The summed E-state index contributed by atoms with van der Waals surface area (Å²) in [4.78, 5) is 26.3. The second-order valence-electron chi connectivity index (χ2n) is 9.81. The van der Waals surface area contributed by atoms with Crippen LogP contribution in [0.25, 0.3) is 10.9 Å². The highest BCUT2D eigenvalue weighted by atomic mass is 16.2. The van der Waals surface area contributed by atoms with Crippen LogP contribution in [-0.2, 0) is 4.79 Å². The molecule has 2 fully saturated rings. The van der Waals surface area contributed by atoms with Gasteiger partial charge in [-0.05, 0) is 68.8 Å². The maximum absolute atomic E-state index is 12.7. The van der Waals surface area contributed by atoms with Crippen molar-refractivity contribution >= 4 is 23.0 Å². The fourth-order valence-corrected chi connectivity index (χ4v) is 5.42. The Kier molecular flexibility index (Phi) is 7.53. The molecular weight excluding hydrogens is 398 g/mol. The number of likely N-dealkylation sites (tertiary alicyclic amines) is 2. The first kappa shape index (κ1) is 22.9. The van der Waals surface area contributed by atoms with Crippen LogP contribution in [0, 0.1) is 11.8 Å². The molecule has 32 heavy (non-hydrogen) atoms. The Balaban J connectivity index is 1.41. The van der Waals surface area contributed by atoms with Gasteiger partial charge in [-0.15, -0.1) is 0 Å². The third kappa shape index (κ3) is 5.54. The maximum atomic E-state index is 12.7. The Labute approximate surface area is 192 Å². The number of carbonyl (C=O) groups is 1. The zero-order valence-corrected chi connectivity index (χ0v) is 19.8. The second kappa shape index (κ2) is 10.5. The Bertz CT molecular complexity index is 950. The minimum absolute atomic E-state index is 0.165. The fourth-order valence-electron chi connectivity index (χ4n) is 5.42. The Hall–Kier alpha value is -2.31. The molecule has 2 aliphatic rings. The van der Waals surface area contributed by atoms with Crippen molar-refractivity contribution in [3.63, 3.8) is 0 Å². The van der Waals surface area contributed by atoms with Crippen LogP contribution < -0.4 is 5.32 Å². The molecule has 2 aliphatic heterocycles. The van der Waals surface area contributed by atoms with E-state index in [1.807, 2.05) is 18.5 Å². The molecule has 0 bridgehead atoms. The van der Waals surface area contributed by atoms with Gasteiger partial charge in [-0.25, -0.2) is 0 Å². The highest BCUT2D eigenvalue weighted by molar-refractivity contribution is 5.99. The summed E-state index contributed by atoms with van der Waals surface area (Å²) in [7, 11) is 3.97. The van der Waals surface area contributed by atoms with Gasteiger partial charge in [0.2, 0.25) is 5.91 Å². The number of benzene rings is 1. The summed E-state index contributed by atoms with van der Waals surface area (Å²) in [5.41, 5.74) is 3.40. The molecule has 2 aromatic rings. The van der Waals surface area contributed by atoms with Crippen LogP contribution >= 0.6 is 0 Å². The summed E-state index contributed by atoms with van der Waals surface area (Å²) in [6, 6.07) is 8.56. The number of aliphatic imine (C=N–C) groups is 1. The largest absolute Gasteiger partial charge is 0.355 e. The van der Waals surface area contributed by atoms with Crippen molar-refractivity contribution in [3.05, 3.63) is 41.6 Å². The summed E-state index contributed by atoms with van der Waals surface area (Å²) in [6.07, 6.45) is 7.23. The van der Waals surface area contributed by atoms with Crippen LogP contribution in [0.2, 0.25) is 0 Å². The summed E-state index contributed by atoms with van der Waals surface area (Å²) in [5.74, 6) is 1.74. The molecule has 0 aliphatic carbocycles. The molecule has 0 spiro atoms. The molecule has 172 valence electrons. The van der Waals surface area contributed by atoms with Gasteiger partial charge in [0.05, 0.1) is 12.1 Å². The first-order chi connectivity index (χ1) is 15.5. The van der Waals surface area contributed by atoms with Crippen LogP contribution in [0.15, 0.2) is 35.5 Å². The van der Waals surface area contributed by atoms with E-state index >= 15 is 0 Å². The number of rotatable bonds is 6. The van der Waals surface area contributed by atoms with Crippen molar-refractivity contribution in [3.8, 4) is 0 Å². The molecule has 0 radical (unpaired) electrons. The van der Waals surface area contributed by atoms with Crippen molar-refractivity contribution in [2.75, 3.05) is 53.4 Å². The Morgan fingerprint density at radius 2 is 2.06 bits per heavy atom. The minimum atomic E-state index is 0.165. The lowest BCUT2D eigenvalue weighted by Gasteiger charge is -2.37. The second-order valence-corrected chi connectivity index (χ2v) is 9.81. The first-order valence-electron chi connectivity index (χ1n) is 12.0. The Morgan fingerprint density at radius 3 is 2.84 bits per heavy atom. The third-order valence-electron chi connectivity index (χ3n) is 7.07. The molecule has 3 heterocycles. The molecule has 1 aromatic heterocycles. The van der Waals surface area contributed by atoms with Crippen LogP contribution in [0.4, 0.5) is 0 Å². The standard InChI is InChI=1S/C26H37N5O/c1-19-13-22(23-7-6-21(15-27-2)26-24(23)5-4-10-28-26)17-31(16-19)18-25(32)29-14-20-8-11-30(3)12-9-20/h4-7,10,15,19-20,22H,8-9,11-14,16-18H2,1-3H3,(H,29,32)/b27-15-/t19-,22+/m1/s1. The number of pyridine rings is 1. The van der Waals surface area contributed by atoms with Gasteiger partial charge in [0.1, 0.15) is 0 Å². The number of amides is 1. The highest BCUT2D eigenvalue weighted by Gasteiger charge is 2.28. The van der Waals surface area contributed by atoms with Gasteiger partial charge < -0.3 is 10.2 Å². The maximum Gasteiger partial charge on any atom is 0.234 e. The molecule has 1 N–H and O–H groups in total. The monoisotopic (exact) mass is 435 g/mol. The summed E-state index contributed by atoms with van der Waals surface area (Å²) >= 11 is 0. The predicted molar refractivity (Wildman–Crippen MR) is 131 cm³/mol. The van der Waals surface area contributed by atoms with E-state index < -0.39 is 0 Å². The normalized spacial score (nSPS) is 23.7. The van der Waals surface area contributed by atoms with E-state index in [2.05, 4.69) is 57.3 Å². The van der Waals surface area contributed by atoms with Crippen LogP contribution in [0.3, 0.4) is 0 Å². The lowest BCUT2D eigenvalue weighted by molar-refractivity contribution is -0.123. The quantitative estimate of drug-likeness (QED) is 0.708. The summed E-state index contributed by atoms with van der Waals surface area (Å²) in [5, 5.41) is 4.42. The van der Waals surface area contributed by atoms with Crippen molar-refractivity contribution in [2.24, 2.45) is 16.8 Å². The first-order valence-corrected chi connectivity index (χ1v) is 12.0. The predicted octanol–water partition coefficient (Wildman–Crippen LogP) is 3.17. The molecule has 2 atom stereocenters. The number of aromatic nitrogens is 1. The summed E-state index contributed by atoms with van der Waals surface area (Å²) in [6.45, 7) is 7.77. The van der Waals surface area contributed by atoms with Crippen LogP contribution in [0.5, 0.6) is 0 Å². The number of fused-ring (bicyclic) bond motifs is 1. The topological polar surface area (TPSA) is 60.8 Å². The number of hydrogen-bond acceptors (Lipinski definition) is 5. The summed E-state index contributed by atoms with van der Waals surface area (Å²) < 4.78 is 0. The number of nitrogens with zero attached hydrogens (tertiary/aromatic N) is 4. The van der Waals surface area contributed by atoms with E-state index in [1.165, 1.54) is 23.8 Å². The molecule has 2 saturated heterocycles. The van der Waals surface area contributed by atoms with E-state index in [1.54, 1.807) is 7.05 Å². The average Bonchev–Trinajstić information content (AvgIpc) is 2.79. The number of nitrogens with one attached hydrogen (secondary N) is 1. The number of hydrogen-bond donors (Lipinski definition) is 1. The van der Waals surface area contributed by atoms with Gasteiger partial charge in [0.15, 0.2) is 0 Å². The van der Waals surface area contributed by atoms with Gasteiger partial charge in [-0.3, -0.25) is 19.7 Å². The zero-order chi connectivity index (χ0) is 22.5. The van der Waals surface area contributed by atoms with E-state index in [0.717, 1.165) is 50.2 Å². The molecule has 4 rings (SSSR count). The number of carbonyl (C=O) groups excluding carboxylic acids is 1. The van der Waals surface area contributed by atoms with Crippen LogP contribution in [0.1, 0.15) is 43.2 Å². The molecule has 6 heteroatoms. The van der Waals surface area contributed by atoms with Gasteiger partial charge >= 0.3 is 0 Å². The lowest BCUT2D eigenvalue weighted by atomic mass is 9.83. The van der Waals surface area contributed by atoms with E-state index in [9.17, 15) is 4.79 Å². The highest BCUT2D eigenvalue weighted by Crippen LogP contribution is 2.34. The van der Waals surface area contributed by atoms with E-state index in [0.29, 0.717) is 24.3 Å². The molecule has 6 nitrogen and oxygen atoms in total.